The molecule has 0 aliphatic heterocycles. The van der Waals surface area contributed by atoms with Crippen LogP contribution in [0.1, 0.15) is 33.6 Å². The first-order valence-corrected chi connectivity index (χ1v) is 6.48. The summed E-state index contributed by atoms with van der Waals surface area (Å²) in [7, 11) is 0. The summed E-state index contributed by atoms with van der Waals surface area (Å²) in [5, 5.41) is 0. The largest absolute Gasteiger partial charge is 0.493 e. The summed E-state index contributed by atoms with van der Waals surface area (Å²) in [6.07, 6.45) is 3.72. The molecule has 1 aromatic carbocycles. The predicted octanol–water partition coefficient (Wildman–Crippen LogP) is 3.70. The van der Waals surface area contributed by atoms with Crippen molar-refractivity contribution in [1.29, 1.82) is 0 Å². The highest BCUT2D eigenvalue weighted by molar-refractivity contribution is 5.33. The third-order valence-corrected chi connectivity index (χ3v) is 2.96. The molecule has 3 heteroatoms. The van der Waals surface area contributed by atoms with Gasteiger partial charge in [0.25, 0.3) is 0 Å². The summed E-state index contributed by atoms with van der Waals surface area (Å²) in [6.45, 7) is 6.94. The maximum atomic E-state index is 5.78. The van der Waals surface area contributed by atoms with Gasteiger partial charge < -0.3 is 15.2 Å². The molecular weight excluding hydrogens is 226 g/mol. The van der Waals surface area contributed by atoms with Crippen molar-refractivity contribution < 1.29 is 9.47 Å². The molecule has 0 aliphatic carbocycles. The fraction of sp³-hybridized carbons (Fsp3) is 0.467. The van der Waals surface area contributed by atoms with Crippen molar-refractivity contribution in [3.63, 3.8) is 0 Å². The summed E-state index contributed by atoms with van der Waals surface area (Å²) in [6, 6.07) is 7.63. The lowest BCUT2D eigenvalue weighted by molar-refractivity contribution is 0.240. The first-order valence-electron chi connectivity index (χ1n) is 6.48. The molecule has 0 bridgehead atoms. The molecular formula is C15H23NO2. The third-order valence-electron chi connectivity index (χ3n) is 2.96. The first kappa shape index (κ1) is 14.4. The van der Waals surface area contributed by atoms with E-state index in [2.05, 4.69) is 13.8 Å². The first-order chi connectivity index (χ1) is 8.69. The number of nitrogens with two attached hydrogens (primary N) is 1. The maximum Gasteiger partial charge on any atom is 0.130 e. The van der Waals surface area contributed by atoms with Crippen molar-refractivity contribution >= 4 is 0 Å². The minimum absolute atomic E-state index is 0.611. The standard InChI is InChI=1S/C15H23NO2/c1-4-13(5-2)11-17-14-7-6-8-15(9-14)18-12(3)10-16/h6-10,13H,4-5,11,16H2,1-3H3/b12-10+. The lowest BCUT2D eigenvalue weighted by Gasteiger charge is -2.14. The van der Waals surface area contributed by atoms with Crippen LogP contribution >= 0.6 is 0 Å². The van der Waals surface area contributed by atoms with Gasteiger partial charge in [-0.05, 0) is 25.0 Å². The zero-order chi connectivity index (χ0) is 13.4. The van der Waals surface area contributed by atoms with Crippen LogP contribution in [0, 0.1) is 5.92 Å². The van der Waals surface area contributed by atoms with E-state index in [1.165, 1.54) is 6.20 Å². The van der Waals surface area contributed by atoms with Gasteiger partial charge in [-0.1, -0.05) is 32.8 Å². The Hall–Kier alpha value is -1.64. The third kappa shape index (κ3) is 4.70. The Morgan fingerprint density at radius 3 is 2.56 bits per heavy atom. The van der Waals surface area contributed by atoms with Crippen molar-refractivity contribution in [3.05, 3.63) is 36.2 Å². The lowest BCUT2D eigenvalue weighted by Crippen LogP contribution is -2.10. The fourth-order valence-corrected chi connectivity index (χ4v) is 1.59. The molecule has 0 atom stereocenters. The van der Waals surface area contributed by atoms with Gasteiger partial charge in [-0.3, -0.25) is 0 Å². The zero-order valence-corrected chi connectivity index (χ0v) is 11.5. The Labute approximate surface area is 110 Å². The number of ether oxygens (including phenoxy) is 2. The number of hydrogen-bond donors (Lipinski definition) is 1. The monoisotopic (exact) mass is 249 g/mol. The van der Waals surface area contributed by atoms with Crippen LogP contribution in [-0.2, 0) is 0 Å². The highest BCUT2D eigenvalue weighted by Crippen LogP contribution is 2.22. The number of rotatable bonds is 7. The molecule has 0 spiro atoms. The molecule has 0 aromatic heterocycles. The van der Waals surface area contributed by atoms with Crippen molar-refractivity contribution in [2.75, 3.05) is 6.61 Å². The molecule has 18 heavy (non-hydrogen) atoms. The van der Waals surface area contributed by atoms with E-state index in [0.717, 1.165) is 30.9 Å². The predicted molar refractivity (Wildman–Crippen MR) is 74.6 cm³/mol. The molecule has 100 valence electrons. The summed E-state index contributed by atoms with van der Waals surface area (Å²) in [5.41, 5.74) is 5.37. The Kier molecular flexibility index (Phi) is 6.12. The van der Waals surface area contributed by atoms with Gasteiger partial charge >= 0.3 is 0 Å². The fourth-order valence-electron chi connectivity index (χ4n) is 1.59. The zero-order valence-electron chi connectivity index (χ0n) is 11.5. The van der Waals surface area contributed by atoms with Crippen molar-refractivity contribution in [1.82, 2.24) is 0 Å². The van der Waals surface area contributed by atoms with Gasteiger partial charge in [-0.15, -0.1) is 0 Å². The molecule has 0 aliphatic rings. The molecule has 0 saturated carbocycles. The summed E-state index contributed by atoms with van der Waals surface area (Å²) < 4.78 is 11.3. The van der Waals surface area contributed by atoms with Crippen molar-refractivity contribution in [2.24, 2.45) is 11.7 Å². The molecule has 0 unspecified atom stereocenters. The topological polar surface area (TPSA) is 44.5 Å². The van der Waals surface area contributed by atoms with Crippen LogP contribution < -0.4 is 15.2 Å². The van der Waals surface area contributed by atoms with E-state index in [0.29, 0.717) is 11.7 Å². The quantitative estimate of drug-likeness (QED) is 0.749. The van der Waals surface area contributed by atoms with E-state index in [-0.39, 0.29) is 0 Å². The molecule has 1 aromatic rings. The highest BCUT2D eigenvalue weighted by Gasteiger charge is 2.05. The molecule has 0 amide bonds. The van der Waals surface area contributed by atoms with Gasteiger partial charge in [0.1, 0.15) is 17.3 Å². The molecule has 0 saturated heterocycles. The molecule has 0 fully saturated rings. The second-order valence-corrected chi connectivity index (χ2v) is 4.35. The SMILES string of the molecule is CCC(CC)COc1cccc(O/C(C)=C/N)c1. The minimum Gasteiger partial charge on any atom is -0.493 e. The summed E-state index contributed by atoms with van der Waals surface area (Å²) >= 11 is 0. The van der Waals surface area contributed by atoms with E-state index in [9.17, 15) is 0 Å². The van der Waals surface area contributed by atoms with E-state index in [1.54, 1.807) is 0 Å². The van der Waals surface area contributed by atoms with Crippen molar-refractivity contribution in [3.8, 4) is 11.5 Å². The van der Waals surface area contributed by atoms with Crippen LogP contribution in [0.5, 0.6) is 11.5 Å². The average molecular weight is 249 g/mol. The molecule has 0 radical (unpaired) electrons. The molecule has 2 N–H and O–H groups in total. The minimum atomic E-state index is 0.611. The Morgan fingerprint density at radius 1 is 1.28 bits per heavy atom. The number of allylic oxidation sites excluding steroid dienone is 1. The normalized spacial score (nSPS) is 11.7. The Morgan fingerprint density at radius 2 is 1.94 bits per heavy atom. The molecule has 1 rings (SSSR count). The van der Waals surface area contributed by atoms with Crippen LogP contribution in [0.25, 0.3) is 0 Å². The van der Waals surface area contributed by atoms with Gasteiger partial charge in [0.15, 0.2) is 0 Å². The van der Waals surface area contributed by atoms with Crippen LogP contribution in [0.4, 0.5) is 0 Å². The van der Waals surface area contributed by atoms with E-state index >= 15 is 0 Å². The van der Waals surface area contributed by atoms with E-state index in [4.69, 9.17) is 15.2 Å². The van der Waals surface area contributed by atoms with Crippen LogP contribution in [0.15, 0.2) is 36.2 Å². The van der Waals surface area contributed by atoms with Crippen LogP contribution in [-0.4, -0.2) is 6.61 Å². The van der Waals surface area contributed by atoms with Gasteiger partial charge in [0.2, 0.25) is 0 Å². The van der Waals surface area contributed by atoms with E-state index < -0.39 is 0 Å². The number of hydrogen-bond acceptors (Lipinski definition) is 3. The second-order valence-electron chi connectivity index (χ2n) is 4.35. The molecule has 3 nitrogen and oxygen atoms in total. The highest BCUT2D eigenvalue weighted by atomic mass is 16.5. The average Bonchev–Trinajstić information content (AvgIpc) is 2.40. The van der Waals surface area contributed by atoms with Crippen LogP contribution in [0.2, 0.25) is 0 Å². The maximum absolute atomic E-state index is 5.78. The number of benzene rings is 1. The summed E-state index contributed by atoms with van der Waals surface area (Å²) in [5.74, 6) is 2.87. The van der Waals surface area contributed by atoms with Gasteiger partial charge in [-0.25, -0.2) is 0 Å². The van der Waals surface area contributed by atoms with Crippen molar-refractivity contribution in [2.45, 2.75) is 33.6 Å². The summed E-state index contributed by atoms with van der Waals surface area (Å²) in [4.78, 5) is 0. The van der Waals surface area contributed by atoms with E-state index in [1.807, 2.05) is 31.2 Å². The van der Waals surface area contributed by atoms with Crippen LogP contribution in [0.3, 0.4) is 0 Å². The van der Waals surface area contributed by atoms with Gasteiger partial charge in [0.05, 0.1) is 6.61 Å². The Bertz CT molecular complexity index is 384. The van der Waals surface area contributed by atoms with Gasteiger partial charge in [-0.2, -0.15) is 0 Å². The second kappa shape index (κ2) is 7.64. The lowest BCUT2D eigenvalue weighted by atomic mass is 10.1. The Balaban J connectivity index is 2.59. The molecule has 0 heterocycles. The smallest absolute Gasteiger partial charge is 0.130 e. The van der Waals surface area contributed by atoms with Gasteiger partial charge in [0, 0.05) is 12.3 Å².